The number of carbonyl (C=O) groups excluding carboxylic acids is 1. The number of benzene rings is 2. The van der Waals surface area contributed by atoms with Crippen LogP contribution in [0.3, 0.4) is 0 Å². The third kappa shape index (κ3) is 3.59. The summed E-state index contributed by atoms with van der Waals surface area (Å²) >= 11 is 0. The number of phenolic OH excluding ortho intramolecular Hbond substituents is 1. The van der Waals surface area contributed by atoms with E-state index in [1.54, 1.807) is 12.1 Å². The van der Waals surface area contributed by atoms with Crippen molar-refractivity contribution in [2.75, 3.05) is 5.32 Å². The van der Waals surface area contributed by atoms with Crippen LogP contribution in [-0.2, 0) is 11.2 Å². The average molecular weight is 270 g/mol. The van der Waals surface area contributed by atoms with Gasteiger partial charge in [-0.25, -0.2) is 0 Å². The number of amides is 1. The van der Waals surface area contributed by atoms with Crippen LogP contribution in [0.1, 0.15) is 11.1 Å². The first-order valence-corrected chi connectivity index (χ1v) is 6.46. The number of nitrogens with two attached hydrogens (primary N) is 1. The van der Waals surface area contributed by atoms with Crippen molar-refractivity contribution < 1.29 is 9.90 Å². The monoisotopic (exact) mass is 270 g/mol. The van der Waals surface area contributed by atoms with Crippen LogP contribution in [0.4, 0.5) is 5.69 Å². The molecule has 0 aliphatic rings. The van der Waals surface area contributed by atoms with E-state index in [2.05, 4.69) is 5.32 Å². The lowest BCUT2D eigenvalue weighted by Crippen LogP contribution is -2.37. The molecule has 1 amide bonds. The lowest BCUT2D eigenvalue weighted by atomic mass is 10.1. The summed E-state index contributed by atoms with van der Waals surface area (Å²) in [5, 5.41) is 12.1. The summed E-state index contributed by atoms with van der Waals surface area (Å²) in [5.74, 6) is -0.0586. The molecule has 104 valence electrons. The van der Waals surface area contributed by atoms with Gasteiger partial charge in [0, 0.05) is 5.69 Å². The number of phenols is 1. The van der Waals surface area contributed by atoms with Crippen molar-refractivity contribution in [3.8, 4) is 5.75 Å². The van der Waals surface area contributed by atoms with E-state index >= 15 is 0 Å². The van der Waals surface area contributed by atoms with Crippen molar-refractivity contribution in [2.24, 2.45) is 5.73 Å². The van der Waals surface area contributed by atoms with Crippen molar-refractivity contribution in [3.05, 3.63) is 59.7 Å². The fourth-order valence-electron chi connectivity index (χ4n) is 1.97. The minimum atomic E-state index is -0.606. The molecule has 0 heterocycles. The molecular weight excluding hydrogens is 252 g/mol. The lowest BCUT2D eigenvalue weighted by molar-refractivity contribution is -0.117. The van der Waals surface area contributed by atoms with Gasteiger partial charge >= 0.3 is 0 Å². The normalized spacial score (nSPS) is 11.9. The fourth-order valence-corrected chi connectivity index (χ4v) is 1.97. The predicted octanol–water partition coefficient (Wildman–Crippen LogP) is 2.21. The van der Waals surface area contributed by atoms with Gasteiger partial charge in [-0.3, -0.25) is 4.79 Å². The molecule has 0 spiro atoms. The number of hydrogen-bond donors (Lipinski definition) is 3. The maximum Gasteiger partial charge on any atom is 0.241 e. The van der Waals surface area contributed by atoms with Crippen LogP contribution >= 0.6 is 0 Å². The molecule has 2 aromatic carbocycles. The van der Waals surface area contributed by atoms with Gasteiger partial charge in [-0.05, 0) is 42.7 Å². The van der Waals surface area contributed by atoms with E-state index in [1.165, 1.54) is 6.07 Å². The molecule has 4 nitrogen and oxygen atoms in total. The smallest absolute Gasteiger partial charge is 0.241 e. The van der Waals surface area contributed by atoms with Gasteiger partial charge in [0.25, 0.3) is 0 Å². The van der Waals surface area contributed by atoms with Crippen LogP contribution in [0.5, 0.6) is 5.75 Å². The summed E-state index contributed by atoms with van der Waals surface area (Å²) in [7, 11) is 0. The van der Waals surface area contributed by atoms with Crippen molar-refractivity contribution >= 4 is 11.6 Å². The third-order valence-electron chi connectivity index (χ3n) is 3.10. The molecule has 0 fully saturated rings. The minimum Gasteiger partial charge on any atom is -0.508 e. The van der Waals surface area contributed by atoms with Crippen molar-refractivity contribution in [1.82, 2.24) is 0 Å². The molecule has 0 saturated carbocycles. The van der Waals surface area contributed by atoms with Crippen LogP contribution in [0.25, 0.3) is 0 Å². The molecule has 4 heteroatoms. The van der Waals surface area contributed by atoms with Gasteiger partial charge in [0.15, 0.2) is 0 Å². The molecule has 0 aliphatic heterocycles. The fraction of sp³-hybridized carbons (Fsp3) is 0.188. The Morgan fingerprint density at radius 2 is 1.95 bits per heavy atom. The lowest BCUT2D eigenvalue weighted by Gasteiger charge is -2.14. The van der Waals surface area contributed by atoms with Gasteiger partial charge in [0.05, 0.1) is 6.04 Å². The van der Waals surface area contributed by atoms with E-state index in [0.717, 1.165) is 11.1 Å². The number of hydrogen-bond acceptors (Lipinski definition) is 3. The topological polar surface area (TPSA) is 75.3 Å². The summed E-state index contributed by atoms with van der Waals surface area (Å²) in [5.41, 5.74) is 8.40. The number of rotatable bonds is 4. The van der Waals surface area contributed by atoms with Crippen molar-refractivity contribution in [2.45, 2.75) is 19.4 Å². The maximum atomic E-state index is 12.1. The van der Waals surface area contributed by atoms with Gasteiger partial charge in [-0.1, -0.05) is 30.3 Å². The van der Waals surface area contributed by atoms with Crippen molar-refractivity contribution in [1.29, 1.82) is 0 Å². The van der Waals surface area contributed by atoms with E-state index in [0.29, 0.717) is 12.1 Å². The SMILES string of the molecule is Cc1cc(O)ccc1NC(=O)[C@@H](N)Cc1ccccc1. The highest BCUT2D eigenvalue weighted by molar-refractivity contribution is 5.95. The molecule has 0 saturated heterocycles. The second-order valence-electron chi connectivity index (χ2n) is 4.78. The van der Waals surface area contributed by atoms with E-state index in [-0.39, 0.29) is 11.7 Å². The maximum absolute atomic E-state index is 12.1. The number of nitrogens with one attached hydrogen (secondary N) is 1. The molecule has 2 rings (SSSR count). The highest BCUT2D eigenvalue weighted by atomic mass is 16.3. The first kappa shape index (κ1) is 14.1. The van der Waals surface area contributed by atoms with E-state index < -0.39 is 6.04 Å². The standard InChI is InChI=1S/C16H18N2O2/c1-11-9-13(19)7-8-15(11)18-16(20)14(17)10-12-5-3-2-4-6-12/h2-9,14,19H,10,17H2,1H3,(H,18,20)/t14-/m0/s1. The number of carbonyl (C=O) groups is 1. The summed E-state index contributed by atoms with van der Waals surface area (Å²) in [6, 6.07) is 13.8. The molecule has 0 radical (unpaired) electrons. The molecule has 1 atom stereocenters. The third-order valence-corrected chi connectivity index (χ3v) is 3.10. The van der Waals surface area contributed by atoms with Crippen LogP contribution in [-0.4, -0.2) is 17.1 Å². The Labute approximate surface area is 118 Å². The van der Waals surface area contributed by atoms with Gasteiger partial charge in [0.2, 0.25) is 5.91 Å². The Bertz CT molecular complexity index is 597. The van der Waals surface area contributed by atoms with Crippen LogP contribution in [0, 0.1) is 6.92 Å². The van der Waals surface area contributed by atoms with E-state index in [4.69, 9.17) is 5.73 Å². The van der Waals surface area contributed by atoms with Crippen LogP contribution in [0.15, 0.2) is 48.5 Å². The Balaban J connectivity index is 2.01. The number of anilines is 1. The van der Waals surface area contributed by atoms with Gasteiger partial charge < -0.3 is 16.2 Å². The molecule has 0 aromatic heterocycles. The second-order valence-corrected chi connectivity index (χ2v) is 4.78. The number of aromatic hydroxyl groups is 1. The van der Waals surface area contributed by atoms with E-state index in [1.807, 2.05) is 37.3 Å². The predicted molar refractivity (Wildman–Crippen MR) is 79.6 cm³/mol. The molecule has 0 aliphatic carbocycles. The summed E-state index contributed by atoms with van der Waals surface area (Å²) < 4.78 is 0. The zero-order chi connectivity index (χ0) is 14.5. The Morgan fingerprint density at radius 3 is 2.60 bits per heavy atom. The minimum absolute atomic E-state index is 0.175. The Kier molecular flexibility index (Phi) is 4.38. The molecule has 4 N–H and O–H groups in total. The molecule has 20 heavy (non-hydrogen) atoms. The van der Waals surface area contributed by atoms with Gasteiger partial charge in [0.1, 0.15) is 5.75 Å². The number of aryl methyl sites for hydroxylation is 1. The van der Waals surface area contributed by atoms with Crippen LogP contribution in [0.2, 0.25) is 0 Å². The van der Waals surface area contributed by atoms with Gasteiger partial charge in [-0.2, -0.15) is 0 Å². The Morgan fingerprint density at radius 1 is 1.25 bits per heavy atom. The first-order chi connectivity index (χ1) is 9.56. The first-order valence-electron chi connectivity index (χ1n) is 6.46. The van der Waals surface area contributed by atoms with Crippen LogP contribution < -0.4 is 11.1 Å². The summed E-state index contributed by atoms with van der Waals surface area (Å²) in [6.45, 7) is 1.82. The summed E-state index contributed by atoms with van der Waals surface area (Å²) in [4.78, 5) is 12.1. The average Bonchev–Trinajstić information content (AvgIpc) is 2.43. The largest absolute Gasteiger partial charge is 0.508 e. The molecule has 0 unspecified atom stereocenters. The summed E-state index contributed by atoms with van der Waals surface area (Å²) in [6.07, 6.45) is 0.490. The highest BCUT2D eigenvalue weighted by Crippen LogP contribution is 2.20. The Hall–Kier alpha value is -2.33. The molecule has 2 aromatic rings. The van der Waals surface area contributed by atoms with Crippen molar-refractivity contribution in [3.63, 3.8) is 0 Å². The zero-order valence-electron chi connectivity index (χ0n) is 11.3. The van der Waals surface area contributed by atoms with E-state index in [9.17, 15) is 9.90 Å². The zero-order valence-corrected chi connectivity index (χ0v) is 11.3. The van der Waals surface area contributed by atoms with Gasteiger partial charge in [-0.15, -0.1) is 0 Å². The second kappa shape index (κ2) is 6.21. The molecular formula is C16H18N2O2. The molecule has 0 bridgehead atoms. The highest BCUT2D eigenvalue weighted by Gasteiger charge is 2.15. The quantitative estimate of drug-likeness (QED) is 0.746.